The standard InChI is InChI=1S/C12H25N3O3/c1-12(2,3)18-11(17)15-9-7-5-4-6-8-14-10(13)16/h4-9H2,1-3H3,(H,15,17)(H3,13,14,16). The first-order valence-corrected chi connectivity index (χ1v) is 6.31. The lowest BCUT2D eigenvalue weighted by Gasteiger charge is -2.19. The molecule has 0 heterocycles. The molecule has 4 N–H and O–H groups in total. The summed E-state index contributed by atoms with van der Waals surface area (Å²) in [7, 11) is 0. The summed E-state index contributed by atoms with van der Waals surface area (Å²) in [5.74, 6) is 0. The van der Waals surface area contributed by atoms with Crippen molar-refractivity contribution in [3.8, 4) is 0 Å². The number of carbonyl (C=O) groups excluding carboxylic acids is 2. The molecule has 0 unspecified atom stereocenters. The summed E-state index contributed by atoms with van der Waals surface area (Å²) in [5.41, 5.74) is 4.47. The zero-order valence-electron chi connectivity index (χ0n) is 11.5. The van der Waals surface area contributed by atoms with Crippen molar-refractivity contribution in [1.29, 1.82) is 0 Å². The van der Waals surface area contributed by atoms with Crippen LogP contribution >= 0.6 is 0 Å². The molecule has 0 aliphatic rings. The predicted octanol–water partition coefficient (Wildman–Crippen LogP) is 1.74. The number of hydrogen-bond donors (Lipinski definition) is 3. The van der Waals surface area contributed by atoms with Crippen LogP contribution in [0, 0.1) is 0 Å². The summed E-state index contributed by atoms with van der Waals surface area (Å²) in [4.78, 5) is 21.6. The maximum absolute atomic E-state index is 11.3. The van der Waals surface area contributed by atoms with Gasteiger partial charge in [0.15, 0.2) is 0 Å². The lowest BCUT2D eigenvalue weighted by molar-refractivity contribution is 0.0527. The molecule has 6 nitrogen and oxygen atoms in total. The minimum atomic E-state index is -0.485. The summed E-state index contributed by atoms with van der Waals surface area (Å²) in [6.45, 7) is 6.71. The van der Waals surface area contributed by atoms with E-state index in [1.165, 1.54) is 0 Å². The van der Waals surface area contributed by atoms with Crippen molar-refractivity contribution in [2.45, 2.75) is 52.1 Å². The number of nitrogens with two attached hydrogens (primary N) is 1. The van der Waals surface area contributed by atoms with Gasteiger partial charge in [0.1, 0.15) is 5.60 Å². The SMILES string of the molecule is CC(C)(C)OC(=O)NCCCCCCNC(N)=O. The molecule has 0 atom stereocenters. The Morgan fingerprint density at radius 2 is 1.50 bits per heavy atom. The number of rotatable bonds is 7. The monoisotopic (exact) mass is 259 g/mol. The molecule has 0 aromatic rings. The quantitative estimate of drug-likeness (QED) is 0.608. The molecule has 0 fully saturated rings. The molecule has 0 aromatic carbocycles. The first-order valence-electron chi connectivity index (χ1n) is 6.31. The summed E-state index contributed by atoms with van der Waals surface area (Å²) < 4.78 is 5.10. The minimum Gasteiger partial charge on any atom is -0.444 e. The number of ether oxygens (including phenoxy) is 1. The fourth-order valence-corrected chi connectivity index (χ4v) is 1.32. The molecule has 18 heavy (non-hydrogen) atoms. The molecule has 0 bridgehead atoms. The number of carbonyl (C=O) groups is 2. The Morgan fingerprint density at radius 1 is 1.00 bits per heavy atom. The molecule has 0 saturated carbocycles. The topological polar surface area (TPSA) is 93.4 Å². The van der Waals surface area contributed by atoms with Gasteiger partial charge in [-0.2, -0.15) is 0 Å². The molecule has 6 heteroatoms. The van der Waals surface area contributed by atoms with E-state index in [0.717, 1.165) is 25.7 Å². The third-order valence-corrected chi connectivity index (χ3v) is 2.07. The van der Waals surface area contributed by atoms with Crippen molar-refractivity contribution < 1.29 is 14.3 Å². The van der Waals surface area contributed by atoms with Crippen molar-refractivity contribution in [3.05, 3.63) is 0 Å². The maximum Gasteiger partial charge on any atom is 0.407 e. The molecule has 0 radical (unpaired) electrons. The van der Waals surface area contributed by atoms with Crippen LogP contribution in [0.4, 0.5) is 9.59 Å². The van der Waals surface area contributed by atoms with Gasteiger partial charge in [-0.15, -0.1) is 0 Å². The van der Waals surface area contributed by atoms with E-state index in [9.17, 15) is 9.59 Å². The van der Waals surface area contributed by atoms with Crippen LogP contribution in [0.2, 0.25) is 0 Å². The van der Waals surface area contributed by atoms with Gasteiger partial charge in [0, 0.05) is 13.1 Å². The molecular formula is C12H25N3O3. The van der Waals surface area contributed by atoms with Gasteiger partial charge in [-0.05, 0) is 33.6 Å². The normalized spacial score (nSPS) is 10.8. The first-order chi connectivity index (χ1) is 8.31. The number of amides is 3. The predicted molar refractivity (Wildman–Crippen MR) is 70.3 cm³/mol. The smallest absolute Gasteiger partial charge is 0.407 e. The van der Waals surface area contributed by atoms with E-state index in [2.05, 4.69) is 10.6 Å². The van der Waals surface area contributed by atoms with Crippen LogP contribution in [-0.2, 0) is 4.74 Å². The van der Waals surface area contributed by atoms with Gasteiger partial charge in [-0.1, -0.05) is 12.8 Å². The summed E-state index contributed by atoms with van der Waals surface area (Å²) >= 11 is 0. The third kappa shape index (κ3) is 12.6. The van der Waals surface area contributed by atoms with Gasteiger partial charge < -0.3 is 21.1 Å². The second-order valence-electron chi connectivity index (χ2n) is 5.13. The van der Waals surface area contributed by atoms with Crippen LogP contribution < -0.4 is 16.4 Å². The average molecular weight is 259 g/mol. The van der Waals surface area contributed by atoms with Gasteiger partial charge in [0.2, 0.25) is 0 Å². The Morgan fingerprint density at radius 3 is 1.94 bits per heavy atom. The summed E-state index contributed by atoms with van der Waals surface area (Å²) in [6.07, 6.45) is 3.41. The van der Waals surface area contributed by atoms with Gasteiger partial charge in [0.05, 0.1) is 0 Å². The van der Waals surface area contributed by atoms with Gasteiger partial charge in [0.25, 0.3) is 0 Å². The Hall–Kier alpha value is -1.46. The fraction of sp³-hybridized carbons (Fsp3) is 0.833. The number of nitrogens with one attached hydrogen (secondary N) is 2. The highest BCUT2D eigenvalue weighted by Gasteiger charge is 2.15. The molecule has 0 saturated heterocycles. The van der Waals surface area contributed by atoms with Crippen LogP contribution in [-0.4, -0.2) is 30.8 Å². The van der Waals surface area contributed by atoms with Crippen molar-refractivity contribution in [2.24, 2.45) is 5.73 Å². The third-order valence-electron chi connectivity index (χ3n) is 2.07. The highest BCUT2D eigenvalue weighted by Crippen LogP contribution is 2.06. The van der Waals surface area contributed by atoms with Crippen LogP contribution in [0.5, 0.6) is 0 Å². The largest absolute Gasteiger partial charge is 0.444 e. The minimum absolute atomic E-state index is 0.377. The van der Waals surface area contributed by atoms with Gasteiger partial charge >= 0.3 is 12.1 Å². The Bertz CT molecular complexity index is 262. The van der Waals surface area contributed by atoms with E-state index in [1.807, 2.05) is 20.8 Å². The van der Waals surface area contributed by atoms with Crippen molar-refractivity contribution in [2.75, 3.05) is 13.1 Å². The van der Waals surface area contributed by atoms with E-state index in [4.69, 9.17) is 10.5 Å². The number of hydrogen-bond acceptors (Lipinski definition) is 3. The Kier molecular flexibility index (Phi) is 7.91. The molecule has 0 aliphatic heterocycles. The van der Waals surface area contributed by atoms with Crippen LogP contribution in [0.25, 0.3) is 0 Å². The van der Waals surface area contributed by atoms with E-state index in [0.29, 0.717) is 13.1 Å². The summed E-state index contributed by atoms with van der Waals surface area (Å²) in [5, 5.41) is 5.23. The zero-order valence-corrected chi connectivity index (χ0v) is 11.5. The van der Waals surface area contributed by atoms with Crippen molar-refractivity contribution >= 4 is 12.1 Å². The number of urea groups is 1. The lowest BCUT2D eigenvalue weighted by Crippen LogP contribution is -2.33. The second-order valence-corrected chi connectivity index (χ2v) is 5.13. The zero-order chi connectivity index (χ0) is 14.0. The van der Waals surface area contributed by atoms with Crippen LogP contribution in [0.15, 0.2) is 0 Å². The molecule has 3 amide bonds. The second kappa shape index (κ2) is 8.60. The maximum atomic E-state index is 11.3. The van der Waals surface area contributed by atoms with E-state index in [-0.39, 0.29) is 6.09 Å². The first kappa shape index (κ1) is 16.5. The molecule has 0 aromatic heterocycles. The number of primary amides is 1. The van der Waals surface area contributed by atoms with E-state index < -0.39 is 11.6 Å². The van der Waals surface area contributed by atoms with E-state index in [1.54, 1.807) is 0 Å². The lowest BCUT2D eigenvalue weighted by atomic mass is 10.2. The molecule has 0 aliphatic carbocycles. The highest BCUT2D eigenvalue weighted by atomic mass is 16.6. The van der Waals surface area contributed by atoms with Crippen LogP contribution in [0.1, 0.15) is 46.5 Å². The number of alkyl carbamates (subject to hydrolysis) is 1. The van der Waals surface area contributed by atoms with Crippen molar-refractivity contribution in [3.63, 3.8) is 0 Å². The average Bonchev–Trinajstić information content (AvgIpc) is 2.18. The molecular weight excluding hydrogens is 234 g/mol. The van der Waals surface area contributed by atoms with E-state index >= 15 is 0 Å². The number of unbranched alkanes of at least 4 members (excludes halogenated alkanes) is 3. The Labute approximate surface area is 109 Å². The Balaban J connectivity index is 3.30. The van der Waals surface area contributed by atoms with Gasteiger partial charge in [-0.3, -0.25) is 0 Å². The highest BCUT2D eigenvalue weighted by molar-refractivity contribution is 5.71. The van der Waals surface area contributed by atoms with Crippen LogP contribution in [0.3, 0.4) is 0 Å². The van der Waals surface area contributed by atoms with Crippen molar-refractivity contribution in [1.82, 2.24) is 10.6 Å². The molecule has 0 rings (SSSR count). The molecule has 106 valence electrons. The summed E-state index contributed by atoms with van der Waals surface area (Å²) in [6, 6.07) is -0.485. The molecule has 0 spiro atoms. The van der Waals surface area contributed by atoms with Gasteiger partial charge in [-0.25, -0.2) is 9.59 Å². The fourth-order valence-electron chi connectivity index (χ4n) is 1.32.